The molecule has 0 aromatic heterocycles. The van der Waals surface area contributed by atoms with Crippen molar-refractivity contribution >= 4 is 29.4 Å². The fourth-order valence-corrected chi connectivity index (χ4v) is 3.81. The zero-order valence-electron chi connectivity index (χ0n) is 16.0. The highest BCUT2D eigenvalue weighted by atomic mass is 16.5. The topological polar surface area (TPSA) is 102 Å². The van der Waals surface area contributed by atoms with Crippen LogP contribution in [-0.4, -0.2) is 48.9 Å². The maximum Gasteiger partial charge on any atom is 0.326 e. The highest BCUT2D eigenvalue weighted by Gasteiger charge is 2.48. The zero-order chi connectivity index (χ0) is 20.3. The van der Waals surface area contributed by atoms with Gasteiger partial charge in [0.2, 0.25) is 11.8 Å². The number of fused-ring (bicyclic) bond motifs is 1. The van der Waals surface area contributed by atoms with E-state index in [4.69, 9.17) is 9.47 Å². The van der Waals surface area contributed by atoms with E-state index < -0.39 is 25.0 Å². The number of hydrogen-bond acceptors (Lipinski definition) is 6. The minimum absolute atomic E-state index is 0.305. The maximum atomic E-state index is 12.4. The predicted octanol–water partition coefficient (Wildman–Crippen LogP) is 1.66. The minimum Gasteiger partial charge on any atom is -0.495 e. The van der Waals surface area contributed by atoms with Crippen LogP contribution in [-0.2, 0) is 23.9 Å². The number of methoxy groups -OCH3 is 1. The summed E-state index contributed by atoms with van der Waals surface area (Å²) in [5.74, 6) is -2.07. The van der Waals surface area contributed by atoms with E-state index in [0.29, 0.717) is 24.3 Å². The molecule has 2 fully saturated rings. The Hall–Kier alpha value is -2.90. The van der Waals surface area contributed by atoms with Crippen LogP contribution < -0.4 is 10.1 Å². The molecule has 1 saturated heterocycles. The summed E-state index contributed by atoms with van der Waals surface area (Å²) in [4.78, 5) is 49.9. The van der Waals surface area contributed by atoms with Crippen LogP contribution >= 0.6 is 0 Å². The van der Waals surface area contributed by atoms with Gasteiger partial charge in [0.15, 0.2) is 6.61 Å². The first-order valence-corrected chi connectivity index (χ1v) is 9.36. The molecule has 2 atom stereocenters. The number of ether oxygens (including phenoxy) is 2. The van der Waals surface area contributed by atoms with Gasteiger partial charge in [-0.25, -0.2) is 0 Å². The molecule has 1 N–H and O–H groups in total. The lowest BCUT2D eigenvalue weighted by molar-refractivity contribution is -0.154. The van der Waals surface area contributed by atoms with E-state index in [1.807, 2.05) is 13.0 Å². The Labute approximate surface area is 163 Å². The number of aryl methyl sites for hydroxylation is 1. The van der Waals surface area contributed by atoms with Crippen LogP contribution in [0.5, 0.6) is 5.75 Å². The standard InChI is InChI=1S/C20H24N2O6/c1-12-7-8-16(27-2)15(9-12)21-17(23)11-28-18(24)10-22-19(25)13-5-3-4-6-14(13)20(22)26/h7-9,13-14H,3-6,10-11H2,1-2H3,(H,21,23)/t13-,14-/m1/s1. The Morgan fingerprint density at radius 1 is 1.14 bits per heavy atom. The number of likely N-dealkylation sites (tertiary alicyclic amines) is 1. The molecule has 0 unspecified atom stereocenters. The van der Waals surface area contributed by atoms with Gasteiger partial charge in [-0.3, -0.25) is 24.1 Å². The number of carbonyl (C=O) groups excluding carboxylic acids is 4. The second-order valence-corrected chi connectivity index (χ2v) is 7.17. The Bertz CT molecular complexity index is 782. The molecule has 150 valence electrons. The van der Waals surface area contributed by atoms with Crippen molar-refractivity contribution in [3.8, 4) is 5.75 Å². The predicted molar refractivity (Wildman–Crippen MR) is 99.5 cm³/mol. The molecule has 8 heteroatoms. The average Bonchev–Trinajstić information content (AvgIpc) is 2.92. The summed E-state index contributed by atoms with van der Waals surface area (Å²) in [6.45, 7) is 0.904. The smallest absolute Gasteiger partial charge is 0.326 e. The summed E-state index contributed by atoms with van der Waals surface area (Å²) in [5.41, 5.74) is 1.40. The van der Waals surface area contributed by atoms with Crippen LogP contribution in [0.3, 0.4) is 0 Å². The monoisotopic (exact) mass is 388 g/mol. The third-order valence-corrected chi connectivity index (χ3v) is 5.21. The van der Waals surface area contributed by atoms with E-state index in [1.54, 1.807) is 12.1 Å². The SMILES string of the molecule is COc1ccc(C)cc1NC(=O)COC(=O)CN1C(=O)[C@@H]2CCCC[C@H]2C1=O. The van der Waals surface area contributed by atoms with Crippen molar-refractivity contribution in [2.75, 3.05) is 25.6 Å². The molecule has 28 heavy (non-hydrogen) atoms. The summed E-state index contributed by atoms with van der Waals surface area (Å²) in [6.07, 6.45) is 3.20. The largest absolute Gasteiger partial charge is 0.495 e. The molecule has 1 aromatic carbocycles. The van der Waals surface area contributed by atoms with Gasteiger partial charge in [0.05, 0.1) is 24.6 Å². The Balaban J connectivity index is 1.52. The van der Waals surface area contributed by atoms with Gasteiger partial charge >= 0.3 is 5.97 Å². The number of hydrogen-bond donors (Lipinski definition) is 1. The molecular weight excluding hydrogens is 364 g/mol. The summed E-state index contributed by atoms with van der Waals surface area (Å²) in [5, 5.41) is 2.62. The first-order valence-electron chi connectivity index (χ1n) is 9.36. The number of carbonyl (C=O) groups is 4. The lowest BCUT2D eigenvalue weighted by Gasteiger charge is -2.19. The number of benzene rings is 1. The number of nitrogens with one attached hydrogen (secondary N) is 1. The van der Waals surface area contributed by atoms with Crippen molar-refractivity contribution in [2.24, 2.45) is 11.8 Å². The third-order valence-electron chi connectivity index (χ3n) is 5.21. The molecule has 0 radical (unpaired) electrons. The Morgan fingerprint density at radius 2 is 1.79 bits per heavy atom. The molecule has 3 rings (SSSR count). The van der Waals surface area contributed by atoms with Gasteiger partial charge in [-0.05, 0) is 37.5 Å². The van der Waals surface area contributed by atoms with E-state index in [-0.39, 0.29) is 23.7 Å². The normalized spacial score (nSPS) is 21.3. The number of nitrogens with zero attached hydrogens (tertiary/aromatic N) is 1. The van der Waals surface area contributed by atoms with E-state index in [0.717, 1.165) is 23.3 Å². The molecule has 1 heterocycles. The van der Waals surface area contributed by atoms with E-state index >= 15 is 0 Å². The van der Waals surface area contributed by atoms with Crippen LogP contribution in [0.25, 0.3) is 0 Å². The molecule has 3 amide bonds. The van der Waals surface area contributed by atoms with Crippen molar-refractivity contribution in [2.45, 2.75) is 32.6 Å². The molecule has 0 bridgehead atoms. The number of imide groups is 1. The van der Waals surface area contributed by atoms with Gasteiger partial charge in [0, 0.05) is 0 Å². The first-order chi connectivity index (χ1) is 13.4. The van der Waals surface area contributed by atoms with E-state index in [9.17, 15) is 19.2 Å². The van der Waals surface area contributed by atoms with Crippen LogP contribution in [0.2, 0.25) is 0 Å². The van der Waals surface area contributed by atoms with Crippen molar-refractivity contribution < 1.29 is 28.7 Å². The Morgan fingerprint density at radius 3 is 2.39 bits per heavy atom. The third kappa shape index (κ3) is 4.16. The molecule has 1 aromatic rings. The minimum atomic E-state index is -0.785. The van der Waals surface area contributed by atoms with Crippen LogP contribution in [0.15, 0.2) is 18.2 Å². The maximum absolute atomic E-state index is 12.4. The van der Waals surface area contributed by atoms with Crippen LogP contribution in [0.4, 0.5) is 5.69 Å². The molecule has 2 aliphatic rings. The highest BCUT2D eigenvalue weighted by Crippen LogP contribution is 2.37. The lowest BCUT2D eigenvalue weighted by Crippen LogP contribution is -2.37. The van der Waals surface area contributed by atoms with Gasteiger partial charge < -0.3 is 14.8 Å². The van der Waals surface area contributed by atoms with Crippen molar-refractivity contribution in [3.05, 3.63) is 23.8 Å². The lowest BCUT2D eigenvalue weighted by atomic mass is 9.81. The number of anilines is 1. The van der Waals surface area contributed by atoms with Crippen molar-refractivity contribution in [1.29, 1.82) is 0 Å². The fourth-order valence-electron chi connectivity index (χ4n) is 3.81. The van der Waals surface area contributed by atoms with Crippen molar-refractivity contribution in [3.63, 3.8) is 0 Å². The van der Waals surface area contributed by atoms with Gasteiger partial charge in [0.25, 0.3) is 5.91 Å². The number of esters is 1. The van der Waals surface area contributed by atoms with Gasteiger partial charge in [-0.1, -0.05) is 18.9 Å². The van der Waals surface area contributed by atoms with E-state index in [2.05, 4.69) is 5.32 Å². The zero-order valence-corrected chi connectivity index (χ0v) is 16.0. The summed E-state index contributed by atoms with van der Waals surface area (Å²) in [7, 11) is 1.49. The summed E-state index contributed by atoms with van der Waals surface area (Å²) < 4.78 is 10.1. The van der Waals surface area contributed by atoms with E-state index in [1.165, 1.54) is 7.11 Å². The average molecular weight is 388 g/mol. The number of rotatable bonds is 6. The molecule has 0 spiro atoms. The first kappa shape index (κ1) is 19.9. The highest BCUT2D eigenvalue weighted by molar-refractivity contribution is 6.07. The number of amides is 3. The second kappa shape index (κ2) is 8.41. The van der Waals surface area contributed by atoms with Gasteiger partial charge in [-0.15, -0.1) is 0 Å². The quantitative estimate of drug-likeness (QED) is 0.587. The van der Waals surface area contributed by atoms with Gasteiger partial charge in [-0.2, -0.15) is 0 Å². The summed E-state index contributed by atoms with van der Waals surface area (Å²) in [6, 6.07) is 5.30. The van der Waals surface area contributed by atoms with Crippen LogP contribution in [0.1, 0.15) is 31.2 Å². The molecule has 8 nitrogen and oxygen atoms in total. The van der Waals surface area contributed by atoms with Gasteiger partial charge in [0.1, 0.15) is 12.3 Å². The molecule has 1 aliphatic carbocycles. The van der Waals surface area contributed by atoms with Crippen molar-refractivity contribution in [1.82, 2.24) is 4.90 Å². The van der Waals surface area contributed by atoms with Crippen LogP contribution in [0, 0.1) is 18.8 Å². The Kier molecular flexibility index (Phi) is 5.96. The molecular formula is C20H24N2O6. The summed E-state index contributed by atoms with van der Waals surface area (Å²) >= 11 is 0. The fraction of sp³-hybridized carbons (Fsp3) is 0.500. The molecule has 1 aliphatic heterocycles. The second-order valence-electron chi connectivity index (χ2n) is 7.17. The molecule has 1 saturated carbocycles.